The van der Waals surface area contributed by atoms with Gasteiger partial charge in [0.05, 0.1) is 10.6 Å². The van der Waals surface area contributed by atoms with Crippen LogP contribution >= 0.6 is 11.6 Å². The number of ether oxygens (including phenoxy) is 1. The summed E-state index contributed by atoms with van der Waals surface area (Å²) in [7, 11) is 0. The maximum atomic E-state index is 13.0. The Kier molecular flexibility index (Phi) is 7.87. The molecule has 0 saturated carbocycles. The molecule has 0 radical (unpaired) electrons. The molecule has 172 valence electrons. The minimum absolute atomic E-state index is 0.0557. The highest BCUT2D eigenvalue weighted by Crippen LogP contribution is 2.35. The van der Waals surface area contributed by atoms with Crippen molar-refractivity contribution in [3.05, 3.63) is 88.2 Å². The van der Waals surface area contributed by atoms with Crippen LogP contribution in [0.2, 0.25) is 5.02 Å². The molecule has 0 unspecified atom stereocenters. The van der Waals surface area contributed by atoms with Gasteiger partial charge in [-0.05, 0) is 47.9 Å². The zero-order chi connectivity index (χ0) is 24.0. The van der Waals surface area contributed by atoms with Gasteiger partial charge in [0, 0.05) is 31.5 Å². The third-order valence-electron chi connectivity index (χ3n) is 4.79. The first-order valence-electron chi connectivity index (χ1n) is 10.3. The maximum absolute atomic E-state index is 13.0. The first kappa shape index (κ1) is 24.5. The summed E-state index contributed by atoms with van der Waals surface area (Å²) in [5.74, 6) is 0.697. The van der Waals surface area contributed by atoms with Gasteiger partial charge in [-0.2, -0.15) is 13.2 Å². The first-order chi connectivity index (χ1) is 15.7. The lowest BCUT2D eigenvalue weighted by molar-refractivity contribution is -0.137. The minimum atomic E-state index is -4.58. The molecule has 0 spiro atoms. The molecular formula is C25H21ClF3NO3. The normalized spacial score (nSPS) is 11.3. The number of Topliss-reactive ketones (excluding diaryl/α,β-unsaturated/α-hetero) is 2. The van der Waals surface area contributed by atoms with Crippen LogP contribution in [-0.4, -0.2) is 16.6 Å². The highest BCUT2D eigenvalue weighted by atomic mass is 35.5. The number of pyridine rings is 1. The van der Waals surface area contributed by atoms with Crippen molar-refractivity contribution in [1.82, 2.24) is 4.98 Å². The number of carbonyl (C=O) groups excluding carboxylic acids is 2. The number of ketones is 2. The second-order valence-corrected chi connectivity index (χ2v) is 7.91. The van der Waals surface area contributed by atoms with Crippen molar-refractivity contribution in [1.29, 1.82) is 0 Å². The van der Waals surface area contributed by atoms with Crippen LogP contribution in [0.25, 0.3) is 0 Å². The van der Waals surface area contributed by atoms with E-state index in [1.165, 1.54) is 12.3 Å². The molecule has 4 nitrogen and oxygen atoms in total. The summed E-state index contributed by atoms with van der Waals surface area (Å²) in [5, 5.41) is -0.398. The predicted molar refractivity (Wildman–Crippen MR) is 119 cm³/mol. The molecule has 2 aromatic carbocycles. The fourth-order valence-electron chi connectivity index (χ4n) is 3.21. The molecule has 0 bridgehead atoms. The van der Waals surface area contributed by atoms with E-state index in [9.17, 15) is 22.8 Å². The number of carbonyl (C=O) groups is 2. The number of hydrogen-bond acceptors (Lipinski definition) is 4. The van der Waals surface area contributed by atoms with Crippen LogP contribution in [0.5, 0.6) is 11.5 Å². The van der Waals surface area contributed by atoms with E-state index in [0.717, 1.165) is 18.6 Å². The second kappa shape index (κ2) is 10.6. The van der Waals surface area contributed by atoms with Crippen molar-refractivity contribution in [3.63, 3.8) is 0 Å². The van der Waals surface area contributed by atoms with Crippen molar-refractivity contribution in [3.8, 4) is 11.5 Å². The molecule has 0 aliphatic heterocycles. The lowest BCUT2D eigenvalue weighted by atomic mass is 10.0. The summed E-state index contributed by atoms with van der Waals surface area (Å²) in [6, 6.07) is 13.5. The van der Waals surface area contributed by atoms with Crippen LogP contribution in [0.3, 0.4) is 0 Å². The summed E-state index contributed by atoms with van der Waals surface area (Å²) in [6.45, 7) is 1.92. The number of rotatable bonds is 9. The van der Waals surface area contributed by atoms with E-state index in [2.05, 4.69) is 4.98 Å². The number of halogens is 4. The summed E-state index contributed by atoms with van der Waals surface area (Å²) in [4.78, 5) is 28.4. The van der Waals surface area contributed by atoms with Crippen LogP contribution in [-0.2, 0) is 23.8 Å². The van der Waals surface area contributed by atoms with Crippen LogP contribution in [0, 0.1) is 0 Å². The third kappa shape index (κ3) is 6.89. The van der Waals surface area contributed by atoms with E-state index in [0.29, 0.717) is 29.2 Å². The van der Waals surface area contributed by atoms with Crippen molar-refractivity contribution in [2.24, 2.45) is 0 Å². The van der Waals surface area contributed by atoms with Crippen LogP contribution in [0.4, 0.5) is 13.2 Å². The van der Waals surface area contributed by atoms with Crippen molar-refractivity contribution in [2.45, 2.75) is 38.8 Å². The number of alkyl halides is 3. The summed E-state index contributed by atoms with van der Waals surface area (Å²) in [6.07, 6.45) is -2.00. The Balaban J connectivity index is 1.61. The van der Waals surface area contributed by atoms with Gasteiger partial charge in [-0.1, -0.05) is 36.7 Å². The average Bonchev–Trinajstić information content (AvgIpc) is 2.76. The fourth-order valence-corrected chi connectivity index (χ4v) is 3.44. The van der Waals surface area contributed by atoms with E-state index in [1.54, 1.807) is 36.4 Å². The summed E-state index contributed by atoms with van der Waals surface area (Å²) in [5.41, 5.74) is 0.341. The molecule has 0 aliphatic rings. The monoisotopic (exact) mass is 475 g/mol. The number of hydrogen-bond donors (Lipinski definition) is 0. The van der Waals surface area contributed by atoms with Gasteiger partial charge in [-0.15, -0.1) is 0 Å². The molecule has 3 aromatic rings. The molecule has 0 saturated heterocycles. The van der Waals surface area contributed by atoms with Gasteiger partial charge in [0.25, 0.3) is 0 Å². The Morgan fingerprint density at radius 3 is 2.27 bits per heavy atom. The zero-order valence-corrected chi connectivity index (χ0v) is 18.5. The van der Waals surface area contributed by atoms with E-state index >= 15 is 0 Å². The second-order valence-electron chi connectivity index (χ2n) is 7.50. The molecular weight excluding hydrogens is 455 g/mol. The van der Waals surface area contributed by atoms with E-state index in [4.69, 9.17) is 16.3 Å². The van der Waals surface area contributed by atoms with Gasteiger partial charge in [0.1, 0.15) is 23.0 Å². The van der Waals surface area contributed by atoms with Gasteiger partial charge >= 0.3 is 6.18 Å². The van der Waals surface area contributed by atoms with Gasteiger partial charge in [-0.25, -0.2) is 0 Å². The maximum Gasteiger partial charge on any atom is 0.417 e. The van der Waals surface area contributed by atoms with Gasteiger partial charge < -0.3 is 4.74 Å². The fraction of sp³-hybridized carbons (Fsp3) is 0.240. The molecule has 3 rings (SSSR count). The Morgan fingerprint density at radius 2 is 1.61 bits per heavy atom. The largest absolute Gasteiger partial charge is 0.457 e. The molecule has 0 fully saturated rings. The Labute approximate surface area is 194 Å². The van der Waals surface area contributed by atoms with Gasteiger partial charge in [0.2, 0.25) is 0 Å². The van der Waals surface area contributed by atoms with Crippen molar-refractivity contribution < 1.29 is 27.5 Å². The summed E-state index contributed by atoms with van der Waals surface area (Å²) < 4.78 is 44.8. The Morgan fingerprint density at radius 1 is 0.939 bits per heavy atom. The van der Waals surface area contributed by atoms with Crippen molar-refractivity contribution in [2.75, 3.05) is 0 Å². The van der Waals surface area contributed by atoms with Gasteiger partial charge in [-0.3, -0.25) is 14.6 Å². The van der Waals surface area contributed by atoms with E-state index in [1.807, 2.05) is 6.92 Å². The van der Waals surface area contributed by atoms with Crippen LogP contribution in [0.1, 0.15) is 46.9 Å². The molecule has 1 heterocycles. The first-order valence-corrected chi connectivity index (χ1v) is 10.7. The number of nitrogens with zero attached hydrogens (tertiary/aromatic N) is 1. The minimum Gasteiger partial charge on any atom is -0.457 e. The molecule has 0 atom stereocenters. The Hall–Kier alpha value is -3.19. The Bertz CT molecular complexity index is 1140. The standard InChI is InChI=1S/C25H21ClF3NO3/c1-2-3-24(32)23-15-20(10-11-30-23)33-19-7-4-16(5-8-19)12-18(31)13-17-6-9-22(26)21(14-17)25(27,28)29/h4-11,14-15H,2-3,12-13H2,1H3. The molecule has 8 heteroatoms. The lowest BCUT2D eigenvalue weighted by Gasteiger charge is -2.11. The molecule has 0 amide bonds. The van der Waals surface area contributed by atoms with Crippen molar-refractivity contribution >= 4 is 23.2 Å². The molecule has 0 N–H and O–H groups in total. The predicted octanol–water partition coefficient (Wildman–Crippen LogP) is 6.88. The topological polar surface area (TPSA) is 56.3 Å². The smallest absolute Gasteiger partial charge is 0.417 e. The quantitative estimate of drug-likeness (QED) is 0.316. The average molecular weight is 476 g/mol. The molecule has 0 aliphatic carbocycles. The van der Waals surface area contributed by atoms with Crippen LogP contribution < -0.4 is 4.74 Å². The van der Waals surface area contributed by atoms with E-state index < -0.39 is 16.8 Å². The number of aromatic nitrogens is 1. The summed E-state index contributed by atoms with van der Waals surface area (Å²) >= 11 is 5.62. The zero-order valence-electron chi connectivity index (χ0n) is 17.8. The SMILES string of the molecule is CCCC(=O)c1cc(Oc2ccc(CC(=O)Cc3ccc(Cl)c(C(F)(F)F)c3)cc2)ccn1. The number of benzene rings is 2. The highest BCUT2D eigenvalue weighted by Gasteiger charge is 2.33. The van der Waals surface area contributed by atoms with E-state index in [-0.39, 0.29) is 30.0 Å². The third-order valence-corrected chi connectivity index (χ3v) is 5.12. The lowest BCUT2D eigenvalue weighted by Crippen LogP contribution is -2.10. The van der Waals surface area contributed by atoms with Gasteiger partial charge in [0.15, 0.2) is 5.78 Å². The molecule has 1 aromatic heterocycles. The van der Waals surface area contributed by atoms with Crippen LogP contribution in [0.15, 0.2) is 60.8 Å². The highest BCUT2D eigenvalue weighted by molar-refractivity contribution is 6.31. The molecule has 33 heavy (non-hydrogen) atoms.